The number of rotatable bonds is 5. The van der Waals surface area contributed by atoms with Crippen molar-refractivity contribution in [2.24, 2.45) is 7.05 Å². The Morgan fingerprint density at radius 2 is 1.71 bits per heavy atom. The van der Waals surface area contributed by atoms with Crippen LogP contribution in [0.2, 0.25) is 10.3 Å². The second kappa shape index (κ2) is 8.81. The molecule has 170 valence electrons. The number of benzene rings is 3. The van der Waals surface area contributed by atoms with Crippen LogP contribution in [0.4, 0.5) is 0 Å². The molecule has 6 nitrogen and oxygen atoms in total. The van der Waals surface area contributed by atoms with Gasteiger partial charge in [-0.2, -0.15) is 0 Å². The summed E-state index contributed by atoms with van der Waals surface area (Å²) < 4.78 is 1.78. The molecule has 0 saturated carbocycles. The zero-order valence-electron chi connectivity index (χ0n) is 18.2. The van der Waals surface area contributed by atoms with Crippen molar-refractivity contribution in [3.63, 3.8) is 0 Å². The van der Waals surface area contributed by atoms with Crippen LogP contribution in [0.1, 0.15) is 22.4 Å². The van der Waals surface area contributed by atoms with Gasteiger partial charge in [-0.3, -0.25) is 0 Å². The molecule has 8 heteroatoms. The Bertz CT molecular complexity index is 1500. The first kappa shape index (κ1) is 22.5. The Morgan fingerprint density at radius 3 is 2.38 bits per heavy atom. The van der Waals surface area contributed by atoms with Gasteiger partial charge in [0.25, 0.3) is 0 Å². The smallest absolute Gasteiger partial charge is 0.223 e. The summed E-state index contributed by atoms with van der Waals surface area (Å²) >= 11 is 12.5. The van der Waals surface area contributed by atoms with Gasteiger partial charge in [-0.1, -0.05) is 54.1 Å². The van der Waals surface area contributed by atoms with E-state index in [2.05, 4.69) is 15.0 Å². The van der Waals surface area contributed by atoms with Crippen molar-refractivity contribution in [1.82, 2.24) is 19.5 Å². The van der Waals surface area contributed by atoms with Crippen molar-refractivity contribution in [2.45, 2.75) is 12.2 Å². The molecule has 0 aliphatic carbocycles. The van der Waals surface area contributed by atoms with Crippen molar-refractivity contribution in [3.05, 3.63) is 112 Å². The largest absolute Gasteiger partial charge is 0.392 e. The molecule has 0 aliphatic heterocycles. The minimum absolute atomic E-state index is 0.0819. The Hall–Kier alpha value is -3.29. The highest BCUT2D eigenvalue weighted by molar-refractivity contribution is 6.31. The maximum absolute atomic E-state index is 12.3. The second-order valence-electron chi connectivity index (χ2n) is 8.04. The average molecular weight is 491 g/mol. The summed E-state index contributed by atoms with van der Waals surface area (Å²) in [5, 5.41) is 23.1. The molecule has 0 fully saturated rings. The van der Waals surface area contributed by atoms with Crippen LogP contribution >= 0.6 is 23.2 Å². The summed E-state index contributed by atoms with van der Waals surface area (Å²) in [6.45, 7) is -0.0819. The van der Waals surface area contributed by atoms with Crippen LogP contribution < -0.4 is 0 Å². The molecular weight excluding hydrogens is 471 g/mol. The third kappa shape index (κ3) is 3.85. The van der Waals surface area contributed by atoms with E-state index < -0.39 is 5.60 Å². The van der Waals surface area contributed by atoms with E-state index in [4.69, 9.17) is 23.2 Å². The van der Waals surface area contributed by atoms with Gasteiger partial charge in [-0.15, -0.1) is 0 Å². The zero-order chi connectivity index (χ0) is 23.9. The molecule has 2 N–H and O–H groups in total. The van der Waals surface area contributed by atoms with E-state index in [-0.39, 0.29) is 11.9 Å². The fourth-order valence-electron chi connectivity index (χ4n) is 4.20. The Balaban J connectivity index is 1.78. The number of aliphatic hydroxyl groups is 2. The van der Waals surface area contributed by atoms with E-state index in [0.717, 1.165) is 16.5 Å². The van der Waals surface area contributed by atoms with Crippen molar-refractivity contribution in [1.29, 1.82) is 0 Å². The van der Waals surface area contributed by atoms with Gasteiger partial charge in [0.2, 0.25) is 5.28 Å². The molecule has 5 aromatic rings. The predicted molar refractivity (Wildman–Crippen MR) is 133 cm³/mol. The molecule has 0 aliphatic rings. The molecule has 0 radical (unpaired) electrons. The normalized spacial score (nSPS) is 13.2. The molecule has 1 atom stereocenters. The summed E-state index contributed by atoms with van der Waals surface area (Å²) in [5.74, 6) is 0. The van der Waals surface area contributed by atoms with Gasteiger partial charge in [0.1, 0.15) is 0 Å². The molecule has 2 aromatic heterocycles. The molecule has 3 aromatic carbocycles. The van der Waals surface area contributed by atoms with E-state index in [9.17, 15) is 10.2 Å². The fraction of sp³-hybridized carbons (Fsp3) is 0.115. The highest BCUT2D eigenvalue weighted by atomic mass is 35.5. The molecule has 0 bridgehead atoms. The number of aryl methyl sites for hydroxylation is 1. The fourth-order valence-corrected chi connectivity index (χ4v) is 4.57. The Kier molecular flexibility index (Phi) is 5.83. The highest BCUT2D eigenvalue weighted by Gasteiger charge is 2.37. The first-order chi connectivity index (χ1) is 16.4. The lowest BCUT2D eigenvalue weighted by Crippen LogP contribution is -2.31. The van der Waals surface area contributed by atoms with E-state index in [1.807, 2.05) is 43.4 Å². The molecule has 0 amide bonds. The standard InChI is InChI=1S/C26H20Cl2N4O2/c1-32-15-29-13-23(32)26(34,18-7-5-16(14-33)6-8-18)19-9-10-22-21(12-19)24(31-25(28)30-22)17-3-2-4-20(27)11-17/h2-13,15,33-34H,14H2,1H3. The van der Waals surface area contributed by atoms with Gasteiger partial charge >= 0.3 is 0 Å². The van der Waals surface area contributed by atoms with E-state index >= 15 is 0 Å². The predicted octanol–water partition coefficient (Wildman–Crippen LogP) is 5.11. The molecule has 34 heavy (non-hydrogen) atoms. The Labute approximate surface area is 206 Å². The maximum Gasteiger partial charge on any atom is 0.223 e. The minimum atomic E-state index is -1.53. The van der Waals surface area contributed by atoms with E-state index in [1.54, 1.807) is 47.4 Å². The lowest BCUT2D eigenvalue weighted by atomic mass is 9.82. The van der Waals surface area contributed by atoms with Crippen LogP contribution in [0, 0.1) is 0 Å². The minimum Gasteiger partial charge on any atom is -0.392 e. The summed E-state index contributed by atoms with van der Waals surface area (Å²) in [6.07, 6.45) is 3.28. The van der Waals surface area contributed by atoms with Gasteiger partial charge in [-0.25, -0.2) is 15.0 Å². The molecule has 2 heterocycles. The van der Waals surface area contributed by atoms with E-state index in [0.29, 0.717) is 33.1 Å². The maximum atomic E-state index is 12.3. The van der Waals surface area contributed by atoms with Crippen molar-refractivity contribution < 1.29 is 10.2 Å². The van der Waals surface area contributed by atoms with Crippen LogP contribution in [0.25, 0.3) is 22.2 Å². The summed E-state index contributed by atoms with van der Waals surface area (Å²) in [5.41, 5.74) is 3.09. The lowest BCUT2D eigenvalue weighted by Gasteiger charge is -2.30. The first-order valence-corrected chi connectivity index (χ1v) is 11.3. The summed E-state index contributed by atoms with van der Waals surface area (Å²) in [6, 6.07) is 20.0. The molecule has 1 unspecified atom stereocenters. The molecular formula is C26H20Cl2N4O2. The van der Waals surface area contributed by atoms with Crippen LogP contribution in [-0.4, -0.2) is 29.7 Å². The average Bonchev–Trinajstić information content (AvgIpc) is 3.29. The number of aliphatic hydroxyl groups excluding tert-OH is 1. The van der Waals surface area contributed by atoms with Crippen molar-refractivity contribution in [2.75, 3.05) is 0 Å². The lowest BCUT2D eigenvalue weighted by molar-refractivity contribution is 0.117. The number of nitrogens with zero attached hydrogens (tertiary/aromatic N) is 4. The number of halogens is 2. The summed E-state index contributed by atoms with van der Waals surface area (Å²) in [4.78, 5) is 13.1. The van der Waals surface area contributed by atoms with Crippen LogP contribution in [0.15, 0.2) is 79.3 Å². The number of aromatic nitrogens is 4. The van der Waals surface area contributed by atoms with Crippen LogP contribution in [0.5, 0.6) is 0 Å². The second-order valence-corrected chi connectivity index (χ2v) is 8.81. The first-order valence-electron chi connectivity index (χ1n) is 10.5. The monoisotopic (exact) mass is 490 g/mol. The van der Waals surface area contributed by atoms with Crippen molar-refractivity contribution >= 4 is 34.1 Å². The Morgan fingerprint density at radius 1 is 0.941 bits per heavy atom. The van der Waals surface area contributed by atoms with Gasteiger partial charge in [0, 0.05) is 23.0 Å². The van der Waals surface area contributed by atoms with Gasteiger partial charge in [0.05, 0.1) is 36.0 Å². The number of hydrogen-bond donors (Lipinski definition) is 2. The van der Waals surface area contributed by atoms with Crippen LogP contribution in [0.3, 0.4) is 0 Å². The molecule has 0 saturated heterocycles. The number of imidazole rings is 1. The SMILES string of the molecule is Cn1cncc1C(O)(c1ccc(CO)cc1)c1ccc2nc(Cl)nc(-c3cccc(Cl)c3)c2c1. The third-order valence-electron chi connectivity index (χ3n) is 5.93. The van der Waals surface area contributed by atoms with Crippen molar-refractivity contribution in [3.8, 4) is 11.3 Å². The third-order valence-corrected chi connectivity index (χ3v) is 6.33. The highest BCUT2D eigenvalue weighted by Crippen LogP contribution is 2.39. The van der Waals surface area contributed by atoms with Crippen LogP contribution in [-0.2, 0) is 19.3 Å². The van der Waals surface area contributed by atoms with E-state index in [1.165, 1.54) is 0 Å². The zero-order valence-corrected chi connectivity index (χ0v) is 19.7. The summed E-state index contributed by atoms with van der Waals surface area (Å²) in [7, 11) is 1.83. The molecule has 5 rings (SSSR count). The molecule has 0 spiro atoms. The topological polar surface area (TPSA) is 84.1 Å². The van der Waals surface area contributed by atoms with Gasteiger partial charge in [0.15, 0.2) is 5.60 Å². The van der Waals surface area contributed by atoms with Gasteiger partial charge < -0.3 is 14.8 Å². The number of hydrogen-bond acceptors (Lipinski definition) is 5. The quantitative estimate of drug-likeness (QED) is 0.334. The number of fused-ring (bicyclic) bond motifs is 1. The van der Waals surface area contributed by atoms with Gasteiger partial charge in [-0.05, 0) is 52.6 Å².